The number of ketones is 1. The zero-order valence-electron chi connectivity index (χ0n) is 23.0. The first-order valence-corrected chi connectivity index (χ1v) is 12.4. The molecule has 2 aliphatic carbocycles. The molecule has 0 radical (unpaired) electrons. The van der Waals surface area contributed by atoms with Gasteiger partial charge in [0.15, 0.2) is 5.78 Å². The Bertz CT molecular complexity index is 770. The van der Waals surface area contributed by atoms with E-state index in [1.165, 1.54) is 13.2 Å². The summed E-state index contributed by atoms with van der Waals surface area (Å²) in [6.07, 6.45) is 2.85. The Labute approximate surface area is 210 Å². The number of aldehydes is 1. The largest absolute Gasteiger partial charge is 0.382 e. The lowest BCUT2D eigenvalue weighted by Crippen LogP contribution is -2.62. The molecule has 0 amide bonds. The third kappa shape index (κ3) is 6.40. The SMILES string of the molecule is COCOC1CCC(OC(C)(C)C)C(C)(CC(OCOC)C2(O)C(C)=CC(=O)CC2(C)C)C1C=O. The predicted octanol–water partition coefficient (Wildman–Crippen LogP) is 3.83. The number of carbonyl (C=O) groups excluding carboxylic acids is 2. The highest BCUT2D eigenvalue weighted by Gasteiger charge is 2.59. The first-order chi connectivity index (χ1) is 16.2. The van der Waals surface area contributed by atoms with Crippen LogP contribution in [0.3, 0.4) is 0 Å². The van der Waals surface area contributed by atoms with Crippen LogP contribution in [0.4, 0.5) is 0 Å². The molecule has 202 valence electrons. The Morgan fingerprint density at radius 2 is 1.77 bits per heavy atom. The Morgan fingerprint density at radius 1 is 1.14 bits per heavy atom. The Balaban J connectivity index is 2.59. The molecule has 8 heteroatoms. The van der Waals surface area contributed by atoms with Crippen molar-refractivity contribution in [3.05, 3.63) is 11.6 Å². The number of aliphatic hydroxyl groups is 1. The number of hydrogen-bond acceptors (Lipinski definition) is 8. The van der Waals surface area contributed by atoms with Gasteiger partial charge >= 0.3 is 0 Å². The van der Waals surface area contributed by atoms with E-state index in [-0.39, 0.29) is 38.0 Å². The fourth-order valence-corrected chi connectivity index (χ4v) is 6.01. The van der Waals surface area contributed by atoms with Crippen molar-refractivity contribution in [2.24, 2.45) is 16.7 Å². The van der Waals surface area contributed by atoms with E-state index in [4.69, 9.17) is 23.7 Å². The van der Waals surface area contributed by atoms with Crippen molar-refractivity contribution in [1.29, 1.82) is 0 Å². The molecule has 0 aromatic heterocycles. The monoisotopic (exact) mass is 498 g/mol. The summed E-state index contributed by atoms with van der Waals surface area (Å²) in [5, 5.41) is 12.2. The van der Waals surface area contributed by atoms with Crippen molar-refractivity contribution in [2.45, 2.75) is 104 Å². The molecule has 0 aromatic rings. The zero-order chi connectivity index (χ0) is 26.7. The fraction of sp³-hybridized carbons (Fsp3) is 0.852. The number of methoxy groups -OCH3 is 2. The zero-order valence-corrected chi connectivity index (χ0v) is 23.0. The minimum absolute atomic E-state index is 0.0284. The summed E-state index contributed by atoms with van der Waals surface area (Å²) >= 11 is 0. The van der Waals surface area contributed by atoms with Gasteiger partial charge in [-0.05, 0) is 58.6 Å². The van der Waals surface area contributed by atoms with Gasteiger partial charge in [-0.2, -0.15) is 0 Å². The molecule has 0 spiro atoms. The van der Waals surface area contributed by atoms with Gasteiger partial charge in [-0.25, -0.2) is 0 Å². The number of hydrogen-bond donors (Lipinski definition) is 1. The summed E-state index contributed by atoms with van der Waals surface area (Å²) in [5.74, 6) is -0.548. The Hall–Kier alpha value is -1.16. The van der Waals surface area contributed by atoms with Crippen LogP contribution >= 0.6 is 0 Å². The highest BCUT2D eigenvalue weighted by Crippen LogP contribution is 2.53. The molecular formula is C27H46O8. The van der Waals surface area contributed by atoms with Crippen molar-refractivity contribution in [3.63, 3.8) is 0 Å². The van der Waals surface area contributed by atoms with Crippen LogP contribution in [0.2, 0.25) is 0 Å². The first-order valence-electron chi connectivity index (χ1n) is 12.4. The van der Waals surface area contributed by atoms with Crippen LogP contribution in [0.15, 0.2) is 11.6 Å². The van der Waals surface area contributed by atoms with Gasteiger partial charge in [0.2, 0.25) is 0 Å². The lowest BCUT2D eigenvalue weighted by atomic mass is 9.56. The maximum absolute atomic E-state index is 12.6. The summed E-state index contributed by atoms with van der Waals surface area (Å²) in [7, 11) is 3.07. The summed E-state index contributed by atoms with van der Waals surface area (Å²) in [6, 6.07) is 0. The molecule has 1 saturated carbocycles. The topological polar surface area (TPSA) is 101 Å². The molecule has 0 heterocycles. The van der Waals surface area contributed by atoms with Crippen molar-refractivity contribution >= 4 is 12.1 Å². The minimum Gasteiger partial charge on any atom is -0.382 e. The third-order valence-corrected chi connectivity index (χ3v) is 7.76. The van der Waals surface area contributed by atoms with Gasteiger partial charge in [0.05, 0.1) is 23.9 Å². The molecule has 2 aliphatic rings. The van der Waals surface area contributed by atoms with Crippen LogP contribution in [-0.4, -0.2) is 74.5 Å². The van der Waals surface area contributed by atoms with E-state index in [1.54, 1.807) is 14.0 Å². The average molecular weight is 499 g/mol. The third-order valence-electron chi connectivity index (χ3n) is 7.76. The van der Waals surface area contributed by atoms with E-state index >= 15 is 0 Å². The molecular weight excluding hydrogens is 452 g/mol. The summed E-state index contributed by atoms with van der Waals surface area (Å²) in [6.45, 7) is 13.5. The van der Waals surface area contributed by atoms with Gasteiger partial charge < -0.3 is 33.6 Å². The van der Waals surface area contributed by atoms with E-state index < -0.39 is 34.1 Å². The highest BCUT2D eigenvalue weighted by atomic mass is 16.7. The van der Waals surface area contributed by atoms with Crippen molar-refractivity contribution in [1.82, 2.24) is 0 Å². The van der Waals surface area contributed by atoms with Crippen LogP contribution in [0.1, 0.15) is 74.1 Å². The van der Waals surface area contributed by atoms with Gasteiger partial charge in [-0.1, -0.05) is 20.8 Å². The maximum atomic E-state index is 12.6. The Kier molecular flexibility index (Phi) is 9.87. The van der Waals surface area contributed by atoms with Crippen LogP contribution in [0, 0.1) is 16.7 Å². The molecule has 8 nitrogen and oxygen atoms in total. The van der Waals surface area contributed by atoms with Crippen LogP contribution in [0.5, 0.6) is 0 Å². The first kappa shape index (κ1) is 30.1. The predicted molar refractivity (Wildman–Crippen MR) is 132 cm³/mol. The van der Waals surface area contributed by atoms with E-state index in [9.17, 15) is 14.7 Å². The van der Waals surface area contributed by atoms with Crippen molar-refractivity contribution in [3.8, 4) is 0 Å². The molecule has 1 fully saturated rings. The summed E-state index contributed by atoms with van der Waals surface area (Å²) < 4.78 is 29.0. The minimum atomic E-state index is -1.46. The Morgan fingerprint density at radius 3 is 2.29 bits per heavy atom. The average Bonchev–Trinajstić information content (AvgIpc) is 2.73. The van der Waals surface area contributed by atoms with Crippen molar-refractivity contribution in [2.75, 3.05) is 27.8 Å². The molecule has 1 N–H and O–H groups in total. The van der Waals surface area contributed by atoms with E-state index in [1.807, 2.05) is 41.5 Å². The second-order valence-electron chi connectivity index (χ2n) is 12.0. The molecule has 35 heavy (non-hydrogen) atoms. The van der Waals surface area contributed by atoms with Gasteiger partial charge in [-0.15, -0.1) is 0 Å². The summed E-state index contributed by atoms with van der Waals surface area (Å²) in [5.41, 5.74) is -2.89. The number of ether oxygens (including phenoxy) is 5. The molecule has 2 rings (SSSR count). The van der Waals surface area contributed by atoms with Crippen LogP contribution < -0.4 is 0 Å². The van der Waals surface area contributed by atoms with Crippen LogP contribution in [0.25, 0.3) is 0 Å². The number of allylic oxidation sites excluding steroid dienone is 1. The number of rotatable bonds is 11. The maximum Gasteiger partial charge on any atom is 0.156 e. The van der Waals surface area contributed by atoms with Gasteiger partial charge in [0.1, 0.15) is 25.5 Å². The van der Waals surface area contributed by atoms with E-state index in [0.29, 0.717) is 24.8 Å². The van der Waals surface area contributed by atoms with Crippen molar-refractivity contribution < 1.29 is 38.4 Å². The normalized spacial score (nSPS) is 34.4. The highest BCUT2D eigenvalue weighted by molar-refractivity contribution is 5.92. The van der Waals surface area contributed by atoms with E-state index in [2.05, 4.69) is 0 Å². The number of carbonyl (C=O) groups is 2. The van der Waals surface area contributed by atoms with Gasteiger partial charge in [-0.3, -0.25) is 4.79 Å². The van der Waals surface area contributed by atoms with Gasteiger partial charge in [0.25, 0.3) is 0 Å². The molecule has 0 bridgehead atoms. The smallest absolute Gasteiger partial charge is 0.156 e. The summed E-state index contributed by atoms with van der Waals surface area (Å²) in [4.78, 5) is 25.0. The van der Waals surface area contributed by atoms with Crippen LogP contribution in [-0.2, 0) is 33.3 Å². The molecule has 0 aromatic carbocycles. The standard InChI is InChI=1S/C27H46O8/c1-18-12-19(29)13-25(5,6)27(18,30)23(34-17-32-9)14-26(7)20(15-28)21(33-16-31-8)10-11-22(26)35-24(2,3)4/h12,15,20-23,30H,10-11,13-14,16-17H2,1-9H3. The lowest BCUT2D eigenvalue weighted by molar-refractivity contribution is -0.229. The second kappa shape index (κ2) is 11.5. The molecule has 0 aliphatic heterocycles. The van der Waals surface area contributed by atoms with Gasteiger partial charge in [0, 0.05) is 37.4 Å². The van der Waals surface area contributed by atoms with E-state index in [0.717, 1.165) is 6.29 Å². The lowest BCUT2D eigenvalue weighted by Gasteiger charge is -2.55. The molecule has 6 unspecified atom stereocenters. The second-order valence-corrected chi connectivity index (χ2v) is 12.0. The fourth-order valence-electron chi connectivity index (χ4n) is 6.01. The quantitative estimate of drug-likeness (QED) is 0.339. The molecule has 6 atom stereocenters. The molecule has 0 saturated heterocycles.